The van der Waals surface area contributed by atoms with Crippen molar-refractivity contribution in [3.8, 4) is 0 Å². The van der Waals surface area contributed by atoms with Gasteiger partial charge in [0.05, 0.1) is 0 Å². The Morgan fingerprint density at radius 2 is 1.64 bits per heavy atom. The molecule has 0 aromatic heterocycles. The average molecular weight is 174 g/mol. The van der Waals surface area contributed by atoms with E-state index in [9.17, 15) is 0 Å². The van der Waals surface area contributed by atoms with Crippen LogP contribution in [0.25, 0.3) is 0 Å². The highest BCUT2D eigenvalue weighted by Crippen LogP contribution is 2.27. The molecule has 0 fully saturated rings. The molecule has 1 aliphatic heterocycles. The second-order valence-corrected chi connectivity index (χ2v) is 3.34. The topological polar surface area (TPSA) is 12.0 Å². The Kier molecular flexibility index (Phi) is 3.41. The van der Waals surface area contributed by atoms with Crippen LogP contribution in [0.4, 0.5) is 0 Å². The van der Waals surface area contributed by atoms with E-state index in [-0.39, 0.29) is 12.4 Å². The van der Waals surface area contributed by atoms with Crippen molar-refractivity contribution < 1.29 is 0 Å². The maximum Gasteiger partial charge on any atom is 0.0167 e. The lowest BCUT2D eigenvalue weighted by Gasteiger charge is -2.25. The summed E-state index contributed by atoms with van der Waals surface area (Å²) in [6.45, 7) is 2.41. The molecule has 1 nitrogen and oxygen atoms in total. The molecule has 0 unspecified atom stereocenters. The number of hydrogen-bond acceptors (Lipinski definition) is 1. The highest BCUT2D eigenvalue weighted by atomic mass is 35.5. The number of rotatable bonds is 0. The van der Waals surface area contributed by atoms with E-state index in [1.807, 2.05) is 0 Å². The lowest BCUT2D eigenvalue weighted by atomic mass is 9.88. The Bertz CT molecular complexity index is 129. The van der Waals surface area contributed by atoms with Crippen LogP contribution in [0.3, 0.4) is 0 Å². The second kappa shape index (κ2) is 4.13. The van der Waals surface area contributed by atoms with Crippen molar-refractivity contribution >= 4 is 12.4 Å². The minimum Gasteiger partial charge on any atom is -0.313 e. The van der Waals surface area contributed by atoms with Crippen molar-refractivity contribution in [1.82, 2.24) is 5.32 Å². The summed E-state index contributed by atoms with van der Waals surface area (Å²) < 4.78 is 0. The van der Waals surface area contributed by atoms with Gasteiger partial charge in [0.15, 0.2) is 0 Å². The fourth-order valence-corrected chi connectivity index (χ4v) is 2.02. The third-order valence-electron chi connectivity index (χ3n) is 2.65. The molecule has 2 rings (SSSR count). The zero-order valence-electron chi connectivity index (χ0n) is 6.86. The van der Waals surface area contributed by atoms with Crippen molar-refractivity contribution in [1.29, 1.82) is 0 Å². The van der Waals surface area contributed by atoms with E-state index in [1.54, 1.807) is 11.1 Å². The van der Waals surface area contributed by atoms with Crippen molar-refractivity contribution in [3.63, 3.8) is 0 Å². The molecule has 0 bridgehead atoms. The minimum absolute atomic E-state index is 0. The smallest absolute Gasteiger partial charge is 0.0167 e. The molecule has 64 valence electrons. The van der Waals surface area contributed by atoms with Gasteiger partial charge in [0, 0.05) is 6.54 Å². The Labute approximate surface area is 74.7 Å². The maximum atomic E-state index is 3.43. The molecule has 0 atom stereocenters. The molecule has 0 amide bonds. The van der Waals surface area contributed by atoms with E-state index < -0.39 is 0 Å². The molecule has 2 heteroatoms. The predicted molar refractivity (Wildman–Crippen MR) is 50.2 cm³/mol. The van der Waals surface area contributed by atoms with E-state index >= 15 is 0 Å². The minimum atomic E-state index is 0. The summed E-state index contributed by atoms with van der Waals surface area (Å²) in [4.78, 5) is 0. The first-order valence-electron chi connectivity index (χ1n) is 4.37. The third-order valence-corrected chi connectivity index (χ3v) is 2.65. The van der Waals surface area contributed by atoms with Crippen LogP contribution in [0, 0.1) is 0 Å². The predicted octanol–water partition coefficient (Wildman–Crippen LogP) is 2.27. The van der Waals surface area contributed by atoms with Crippen LogP contribution in [-0.4, -0.2) is 13.1 Å². The summed E-state index contributed by atoms with van der Waals surface area (Å²) in [6.07, 6.45) is 6.98. The SMILES string of the molecule is C1CCC2=C(C1)CCNC2.Cl. The molecule has 0 aromatic rings. The van der Waals surface area contributed by atoms with E-state index in [1.165, 1.54) is 45.2 Å². The van der Waals surface area contributed by atoms with Gasteiger partial charge >= 0.3 is 0 Å². The Morgan fingerprint density at radius 1 is 0.909 bits per heavy atom. The van der Waals surface area contributed by atoms with Gasteiger partial charge in [-0.05, 0) is 38.6 Å². The third kappa shape index (κ3) is 1.97. The fourth-order valence-electron chi connectivity index (χ4n) is 2.02. The molecule has 0 saturated heterocycles. The molecule has 0 radical (unpaired) electrons. The molecule has 1 aliphatic carbocycles. The number of halogens is 1. The van der Waals surface area contributed by atoms with Crippen molar-refractivity contribution in [3.05, 3.63) is 11.1 Å². The van der Waals surface area contributed by atoms with Crippen molar-refractivity contribution in [2.24, 2.45) is 0 Å². The molecule has 2 aliphatic rings. The Morgan fingerprint density at radius 3 is 2.36 bits per heavy atom. The van der Waals surface area contributed by atoms with Gasteiger partial charge in [-0.15, -0.1) is 12.4 Å². The van der Waals surface area contributed by atoms with Crippen LogP contribution >= 0.6 is 12.4 Å². The van der Waals surface area contributed by atoms with Crippen LogP contribution in [0.5, 0.6) is 0 Å². The molecule has 1 heterocycles. The van der Waals surface area contributed by atoms with Gasteiger partial charge in [-0.2, -0.15) is 0 Å². The Balaban J connectivity index is 0.000000605. The molecule has 1 N–H and O–H groups in total. The highest BCUT2D eigenvalue weighted by Gasteiger charge is 2.14. The van der Waals surface area contributed by atoms with Gasteiger partial charge in [0.2, 0.25) is 0 Å². The van der Waals surface area contributed by atoms with Gasteiger partial charge in [-0.1, -0.05) is 11.1 Å². The van der Waals surface area contributed by atoms with E-state index in [2.05, 4.69) is 5.32 Å². The van der Waals surface area contributed by atoms with Gasteiger partial charge in [-0.3, -0.25) is 0 Å². The van der Waals surface area contributed by atoms with Crippen molar-refractivity contribution in [2.45, 2.75) is 32.1 Å². The maximum absolute atomic E-state index is 3.43. The van der Waals surface area contributed by atoms with Gasteiger partial charge in [0.1, 0.15) is 0 Å². The average Bonchev–Trinajstić information content (AvgIpc) is 2.05. The summed E-state index contributed by atoms with van der Waals surface area (Å²) in [6, 6.07) is 0. The van der Waals surface area contributed by atoms with E-state index in [0.717, 1.165) is 0 Å². The van der Waals surface area contributed by atoms with Crippen LogP contribution in [0.15, 0.2) is 11.1 Å². The number of nitrogens with one attached hydrogen (secondary N) is 1. The highest BCUT2D eigenvalue weighted by molar-refractivity contribution is 5.85. The van der Waals surface area contributed by atoms with Crippen LogP contribution in [0.1, 0.15) is 32.1 Å². The first kappa shape index (κ1) is 9.08. The summed E-state index contributed by atoms with van der Waals surface area (Å²) in [5.74, 6) is 0. The van der Waals surface area contributed by atoms with Gasteiger partial charge in [0.25, 0.3) is 0 Å². The zero-order chi connectivity index (χ0) is 6.81. The first-order valence-corrected chi connectivity index (χ1v) is 4.37. The molecular weight excluding hydrogens is 158 g/mol. The van der Waals surface area contributed by atoms with E-state index in [0.29, 0.717) is 0 Å². The zero-order valence-corrected chi connectivity index (χ0v) is 7.67. The van der Waals surface area contributed by atoms with E-state index in [4.69, 9.17) is 0 Å². The molecule has 0 aromatic carbocycles. The summed E-state index contributed by atoms with van der Waals surface area (Å²) in [5, 5.41) is 3.43. The summed E-state index contributed by atoms with van der Waals surface area (Å²) >= 11 is 0. The normalized spacial score (nSPS) is 24.0. The largest absolute Gasteiger partial charge is 0.313 e. The quantitative estimate of drug-likeness (QED) is 0.555. The number of hydrogen-bond donors (Lipinski definition) is 1. The van der Waals surface area contributed by atoms with Crippen molar-refractivity contribution in [2.75, 3.05) is 13.1 Å². The molecule has 11 heavy (non-hydrogen) atoms. The summed E-state index contributed by atoms with van der Waals surface area (Å²) in [7, 11) is 0. The lowest BCUT2D eigenvalue weighted by molar-refractivity contribution is 0.566. The van der Waals surface area contributed by atoms with Crippen LogP contribution in [0.2, 0.25) is 0 Å². The Hall–Kier alpha value is -0.0100. The summed E-state index contributed by atoms with van der Waals surface area (Å²) in [5.41, 5.74) is 3.52. The van der Waals surface area contributed by atoms with Crippen LogP contribution in [-0.2, 0) is 0 Å². The molecule has 0 spiro atoms. The second-order valence-electron chi connectivity index (χ2n) is 3.34. The van der Waals surface area contributed by atoms with Gasteiger partial charge in [-0.25, -0.2) is 0 Å². The monoisotopic (exact) mass is 173 g/mol. The lowest BCUT2D eigenvalue weighted by Crippen LogP contribution is -2.26. The molecule has 0 saturated carbocycles. The van der Waals surface area contributed by atoms with Crippen LogP contribution < -0.4 is 5.32 Å². The fraction of sp³-hybridized carbons (Fsp3) is 0.778. The molecular formula is C9H16ClN. The standard InChI is InChI=1S/C9H15N.ClH/c1-2-4-9-7-10-6-5-8(9)3-1;/h10H,1-7H2;1H. The first-order chi connectivity index (χ1) is 4.97. The van der Waals surface area contributed by atoms with Gasteiger partial charge < -0.3 is 5.32 Å².